The molecule has 0 aliphatic carbocycles. The molecular formula is C43H43N. The number of hydrogen-bond acceptors (Lipinski definition) is 1. The summed E-state index contributed by atoms with van der Waals surface area (Å²) in [6, 6.07) is 30.4. The monoisotopic (exact) mass is 573 g/mol. The lowest BCUT2D eigenvalue weighted by molar-refractivity contribution is 1.27. The van der Waals surface area contributed by atoms with Gasteiger partial charge in [0.15, 0.2) is 0 Å². The van der Waals surface area contributed by atoms with Gasteiger partial charge in [-0.1, -0.05) is 148 Å². The van der Waals surface area contributed by atoms with Crippen LogP contribution in [0.25, 0.3) is 61.6 Å². The minimum absolute atomic E-state index is 0.713. The molecule has 0 atom stereocenters. The number of rotatable bonds is 9. The maximum Gasteiger partial charge on any atom is 0.0387 e. The van der Waals surface area contributed by atoms with Gasteiger partial charge < -0.3 is 5.73 Å². The molecule has 5 aromatic carbocycles. The van der Waals surface area contributed by atoms with Crippen LogP contribution in [0, 0.1) is 6.92 Å². The highest BCUT2D eigenvalue weighted by Gasteiger charge is 2.19. The number of nitrogens with two attached hydrogens (primary N) is 1. The van der Waals surface area contributed by atoms with Crippen molar-refractivity contribution >= 4 is 39.4 Å². The highest BCUT2D eigenvalue weighted by Crippen LogP contribution is 2.44. The number of benzene rings is 5. The van der Waals surface area contributed by atoms with E-state index in [1.165, 1.54) is 38.2 Å². The van der Waals surface area contributed by atoms with Crippen LogP contribution in [-0.2, 0) is 0 Å². The molecule has 44 heavy (non-hydrogen) atoms. The van der Waals surface area contributed by atoms with Gasteiger partial charge in [-0.3, -0.25) is 0 Å². The quantitative estimate of drug-likeness (QED) is 0.174. The highest BCUT2D eigenvalue weighted by molar-refractivity contribution is 6.12. The van der Waals surface area contributed by atoms with Gasteiger partial charge in [-0.15, -0.1) is 0 Å². The van der Waals surface area contributed by atoms with Crippen LogP contribution in [0.3, 0.4) is 0 Å². The van der Waals surface area contributed by atoms with E-state index in [1.807, 2.05) is 51.2 Å². The van der Waals surface area contributed by atoms with Crippen molar-refractivity contribution in [1.82, 2.24) is 0 Å². The van der Waals surface area contributed by atoms with E-state index in [1.54, 1.807) is 0 Å². The average Bonchev–Trinajstić information content (AvgIpc) is 3.07. The molecule has 0 aliphatic heterocycles. The van der Waals surface area contributed by atoms with Crippen LogP contribution in [0.4, 0.5) is 0 Å². The standard InChI is InChI=1S/C41H37N.C2H6/c1-6-29(7-2)15-10-13-20-39(42)32-16-14-17-33(27-32)40-35(8-3)36(9-4)41(38-19-12-11-18-37(38)40)34-24-23-30-25-28(5)21-22-31(30)26-34;1-2/h6-14,16-27H,1,3-4,15,42H2,2,5H3;1-2H3/b13-10-,29-7+,39-20-;. The zero-order valence-corrected chi connectivity index (χ0v) is 26.5. The van der Waals surface area contributed by atoms with Crippen LogP contribution in [0.5, 0.6) is 0 Å². The molecule has 0 amide bonds. The molecule has 1 heteroatoms. The molecule has 0 radical (unpaired) electrons. The van der Waals surface area contributed by atoms with Gasteiger partial charge in [-0.25, -0.2) is 0 Å². The van der Waals surface area contributed by atoms with Crippen LogP contribution in [0.1, 0.15) is 49.4 Å². The van der Waals surface area contributed by atoms with Gasteiger partial charge in [0.2, 0.25) is 0 Å². The van der Waals surface area contributed by atoms with Crippen LogP contribution < -0.4 is 5.73 Å². The minimum Gasteiger partial charge on any atom is -0.398 e. The molecule has 5 rings (SSSR count). The van der Waals surface area contributed by atoms with Crippen molar-refractivity contribution in [2.45, 2.75) is 34.1 Å². The van der Waals surface area contributed by atoms with Gasteiger partial charge in [-0.05, 0) is 105 Å². The first-order valence-corrected chi connectivity index (χ1v) is 15.3. The summed E-state index contributed by atoms with van der Waals surface area (Å²) in [5.74, 6) is 0. The number of hydrogen-bond donors (Lipinski definition) is 1. The Kier molecular flexibility index (Phi) is 10.7. The average molecular weight is 574 g/mol. The lowest BCUT2D eigenvalue weighted by Crippen LogP contribution is -1.98. The number of fused-ring (bicyclic) bond motifs is 2. The van der Waals surface area contributed by atoms with Crippen molar-refractivity contribution in [3.05, 3.63) is 163 Å². The third-order valence-corrected chi connectivity index (χ3v) is 7.87. The maximum absolute atomic E-state index is 6.56. The van der Waals surface area contributed by atoms with Crippen molar-refractivity contribution in [2.75, 3.05) is 0 Å². The Morgan fingerprint density at radius 3 is 1.95 bits per heavy atom. The summed E-state index contributed by atoms with van der Waals surface area (Å²) in [4.78, 5) is 0. The van der Waals surface area contributed by atoms with Crippen molar-refractivity contribution in [3.63, 3.8) is 0 Å². The molecule has 0 aliphatic rings. The fraction of sp³-hybridized carbons (Fsp3) is 0.116. The molecule has 2 N–H and O–H groups in total. The Bertz CT molecular complexity index is 1930. The van der Waals surface area contributed by atoms with Crippen LogP contribution >= 0.6 is 0 Å². The van der Waals surface area contributed by atoms with E-state index in [2.05, 4.69) is 124 Å². The van der Waals surface area contributed by atoms with Gasteiger partial charge in [0.25, 0.3) is 0 Å². The molecule has 1 nitrogen and oxygen atoms in total. The Balaban J connectivity index is 0.00000216. The van der Waals surface area contributed by atoms with E-state index >= 15 is 0 Å². The lowest BCUT2D eigenvalue weighted by Gasteiger charge is -2.21. The smallest absolute Gasteiger partial charge is 0.0387 e. The molecule has 0 saturated carbocycles. The zero-order chi connectivity index (χ0) is 31.6. The first kappa shape index (κ1) is 31.8. The van der Waals surface area contributed by atoms with Gasteiger partial charge >= 0.3 is 0 Å². The van der Waals surface area contributed by atoms with Crippen LogP contribution in [0.2, 0.25) is 0 Å². The van der Waals surface area contributed by atoms with E-state index in [4.69, 9.17) is 5.73 Å². The number of allylic oxidation sites excluding steroid dienone is 6. The molecule has 0 heterocycles. The summed E-state index contributed by atoms with van der Waals surface area (Å²) in [6.45, 7) is 20.5. The van der Waals surface area contributed by atoms with E-state index in [9.17, 15) is 0 Å². The van der Waals surface area contributed by atoms with E-state index in [0.717, 1.165) is 39.8 Å². The maximum atomic E-state index is 6.56. The van der Waals surface area contributed by atoms with Crippen molar-refractivity contribution in [2.24, 2.45) is 5.73 Å². The molecule has 220 valence electrons. The Hall–Kier alpha value is -5.14. The second-order valence-corrected chi connectivity index (χ2v) is 10.5. The normalized spacial score (nSPS) is 11.8. The fourth-order valence-corrected chi connectivity index (χ4v) is 5.69. The summed E-state index contributed by atoms with van der Waals surface area (Å²) in [5.41, 5.74) is 17.4. The summed E-state index contributed by atoms with van der Waals surface area (Å²) in [7, 11) is 0. The van der Waals surface area contributed by atoms with Crippen molar-refractivity contribution in [1.29, 1.82) is 0 Å². The molecular weight excluding hydrogens is 530 g/mol. The summed E-state index contributed by atoms with van der Waals surface area (Å²) < 4.78 is 0. The summed E-state index contributed by atoms with van der Waals surface area (Å²) in [6.07, 6.45) is 14.8. The second-order valence-electron chi connectivity index (χ2n) is 10.5. The molecule has 0 fully saturated rings. The first-order valence-electron chi connectivity index (χ1n) is 15.3. The van der Waals surface area contributed by atoms with Crippen molar-refractivity contribution in [3.8, 4) is 22.3 Å². The SMILES string of the molecule is C=C/C(=C\C)C/C=C\C=C(/N)c1cccc(-c2c(C=C)c(C=C)c(-c3ccc4cc(C)ccc4c3)c3ccccc23)c1.CC. The van der Waals surface area contributed by atoms with Crippen LogP contribution in [-0.4, -0.2) is 0 Å². The summed E-state index contributed by atoms with van der Waals surface area (Å²) >= 11 is 0. The predicted octanol–water partition coefficient (Wildman–Crippen LogP) is 12.3. The lowest BCUT2D eigenvalue weighted by atomic mass is 9.83. The van der Waals surface area contributed by atoms with Gasteiger partial charge in [0.1, 0.15) is 0 Å². The minimum atomic E-state index is 0.713. The third kappa shape index (κ3) is 6.58. The fourth-order valence-electron chi connectivity index (χ4n) is 5.69. The number of aryl methyl sites for hydroxylation is 1. The topological polar surface area (TPSA) is 26.0 Å². The van der Waals surface area contributed by atoms with E-state index < -0.39 is 0 Å². The van der Waals surface area contributed by atoms with Gasteiger partial charge in [0.05, 0.1) is 0 Å². The van der Waals surface area contributed by atoms with Gasteiger partial charge in [-0.2, -0.15) is 0 Å². The van der Waals surface area contributed by atoms with Crippen LogP contribution in [0.15, 0.2) is 141 Å². The zero-order valence-electron chi connectivity index (χ0n) is 26.5. The molecule has 0 bridgehead atoms. The Morgan fingerprint density at radius 1 is 0.727 bits per heavy atom. The molecule has 0 aromatic heterocycles. The molecule has 0 spiro atoms. The van der Waals surface area contributed by atoms with E-state index in [0.29, 0.717) is 5.70 Å². The highest BCUT2D eigenvalue weighted by atomic mass is 14.6. The van der Waals surface area contributed by atoms with Gasteiger partial charge in [0, 0.05) is 5.70 Å². The Labute approximate surface area is 263 Å². The third-order valence-electron chi connectivity index (χ3n) is 7.87. The largest absolute Gasteiger partial charge is 0.398 e. The Morgan fingerprint density at radius 2 is 1.34 bits per heavy atom. The predicted molar refractivity (Wildman–Crippen MR) is 198 cm³/mol. The molecule has 5 aromatic rings. The van der Waals surface area contributed by atoms with E-state index in [-0.39, 0.29) is 0 Å². The first-order chi connectivity index (χ1) is 21.5. The molecule has 0 unspecified atom stereocenters. The van der Waals surface area contributed by atoms with Crippen molar-refractivity contribution < 1.29 is 0 Å². The summed E-state index contributed by atoms with van der Waals surface area (Å²) in [5, 5.41) is 4.80. The second kappa shape index (κ2) is 14.8. The molecule has 0 saturated heterocycles.